The molecule has 0 aliphatic carbocycles. The van der Waals surface area contributed by atoms with Crippen molar-refractivity contribution in [3.8, 4) is 0 Å². The number of aromatic nitrogens is 1. The highest BCUT2D eigenvalue weighted by Gasteiger charge is 2.34. The first kappa shape index (κ1) is 13.6. The Balaban J connectivity index is 2.24. The van der Waals surface area contributed by atoms with Gasteiger partial charge in [-0.2, -0.15) is 0 Å². The SMILES string of the molecule is CC(=O)SC1CC(=O)N(c2c(Cl)ccnc2Cl)C1. The molecule has 1 aromatic rings. The van der Waals surface area contributed by atoms with E-state index in [0.717, 1.165) is 0 Å². The largest absolute Gasteiger partial charge is 0.307 e. The van der Waals surface area contributed by atoms with Crippen molar-refractivity contribution in [2.45, 2.75) is 18.6 Å². The molecule has 1 fully saturated rings. The highest BCUT2D eigenvalue weighted by Crippen LogP contribution is 2.36. The highest BCUT2D eigenvalue weighted by atomic mass is 35.5. The fraction of sp³-hybridized carbons (Fsp3) is 0.364. The zero-order valence-electron chi connectivity index (χ0n) is 9.52. The van der Waals surface area contributed by atoms with Gasteiger partial charge in [0, 0.05) is 31.3 Å². The Morgan fingerprint density at radius 2 is 2.28 bits per heavy atom. The molecule has 18 heavy (non-hydrogen) atoms. The molecule has 1 saturated heterocycles. The van der Waals surface area contributed by atoms with E-state index in [2.05, 4.69) is 4.98 Å². The van der Waals surface area contributed by atoms with Gasteiger partial charge in [-0.25, -0.2) is 4.98 Å². The second-order valence-electron chi connectivity index (χ2n) is 3.87. The van der Waals surface area contributed by atoms with Gasteiger partial charge in [-0.3, -0.25) is 9.59 Å². The molecular formula is C11H10Cl2N2O2S. The molecule has 4 nitrogen and oxygen atoms in total. The van der Waals surface area contributed by atoms with Gasteiger partial charge in [-0.1, -0.05) is 35.0 Å². The maximum atomic E-state index is 11.9. The van der Waals surface area contributed by atoms with Gasteiger partial charge < -0.3 is 4.90 Å². The summed E-state index contributed by atoms with van der Waals surface area (Å²) < 4.78 is 0. The van der Waals surface area contributed by atoms with Gasteiger partial charge in [0.25, 0.3) is 0 Å². The molecule has 0 spiro atoms. The lowest BCUT2D eigenvalue weighted by Gasteiger charge is -2.18. The third-order valence-corrected chi connectivity index (χ3v) is 4.09. The van der Waals surface area contributed by atoms with Crippen molar-refractivity contribution < 1.29 is 9.59 Å². The van der Waals surface area contributed by atoms with Crippen LogP contribution in [-0.2, 0) is 9.59 Å². The molecule has 1 atom stereocenters. The molecular weight excluding hydrogens is 295 g/mol. The summed E-state index contributed by atoms with van der Waals surface area (Å²) in [6, 6.07) is 1.58. The summed E-state index contributed by atoms with van der Waals surface area (Å²) in [6.45, 7) is 1.91. The maximum absolute atomic E-state index is 11.9. The molecule has 1 aliphatic rings. The van der Waals surface area contributed by atoms with Crippen LogP contribution in [0.1, 0.15) is 13.3 Å². The predicted molar refractivity (Wildman–Crippen MR) is 73.3 cm³/mol. The molecule has 0 N–H and O–H groups in total. The van der Waals surface area contributed by atoms with E-state index in [1.165, 1.54) is 29.8 Å². The molecule has 96 valence electrons. The number of pyridine rings is 1. The lowest BCUT2D eigenvalue weighted by molar-refractivity contribution is -0.117. The molecule has 1 amide bonds. The number of nitrogens with zero attached hydrogens (tertiary/aromatic N) is 2. The summed E-state index contributed by atoms with van der Waals surface area (Å²) in [6.07, 6.45) is 1.79. The average Bonchev–Trinajstić information content (AvgIpc) is 2.58. The molecule has 7 heteroatoms. The van der Waals surface area contributed by atoms with Gasteiger partial charge in [-0.15, -0.1) is 0 Å². The van der Waals surface area contributed by atoms with Crippen molar-refractivity contribution in [3.05, 3.63) is 22.4 Å². The first-order valence-electron chi connectivity index (χ1n) is 5.26. The second kappa shape index (κ2) is 5.47. The van der Waals surface area contributed by atoms with Gasteiger partial charge in [0.05, 0.1) is 5.02 Å². The summed E-state index contributed by atoms with van der Waals surface area (Å²) in [5.41, 5.74) is 0.428. The second-order valence-corrected chi connectivity index (χ2v) is 6.11. The van der Waals surface area contributed by atoms with E-state index in [9.17, 15) is 9.59 Å². The van der Waals surface area contributed by atoms with Crippen molar-refractivity contribution in [3.63, 3.8) is 0 Å². The van der Waals surface area contributed by atoms with Gasteiger partial charge in [-0.05, 0) is 6.07 Å². The maximum Gasteiger partial charge on any atom is 0.228 e. The Bertz CT molecular complexity index is 490. The standard InChI is InChI=1S/C11H10Cl2N2O2S/c1-6(16)18-7-4-9(17)15(5-7)10-8(12)2-3-14-11(10)13/h2-3,7H,4-5H2,1H3. The zero-order chi connectivity index (χ0) is 13.3. The predicted octanol–water partition coefficient (Wildman–Crippen LogP) is 2.77. The summed E-state index contributed by atoms with van der Waals surface area (Å²) in [4.78, 5) is 28.4. The van der Waals surface area contributed by atoms with Crippen LogP contribution in [0.25, 0.3) is 0 Å². The fourth-order valence-corrected chi connectivity index (χ4v) is 3.33. The van der Waals surface area contributed by atoms with E-state index in [0.29, 0.717) is 23.7 Å². The molecule has 2 rings (SSSR count). The topological polar surface area (TPSA) is 50.3 Å². The number of hydrogen-bond acceptors (Lipinski definition) is 4. The number of hydrogen-bond donors (Lipinski definition) is 0. The van der Waals surface area contributed by atoms with Crippen LogP contribution in [-0.4, -0.2) is 27.8 Å². The molecule has 0 radical (unpaired) electrons. The third-order valence-electron chi connectivity index (χ3n) is 2.52. The van der Waals surface area contributed by atoms with E-state index in [4.69, 9.17) is 23.2 Å². The molecule has 2 heterocycles. The summed E-state index contributed by atoms with van der Waals surface area (Å²) in [5.74, 6) is -0.0921. The van der Waals surface area contributed by atoms with Crippen LogP contribution >= 0.6 is 35.0 Å². The Morgan fingerprint density at radius 1 is 1.56 bits per heavy atom. The molecule has 1 aromatic heterocycles. The number of amides is 1. The lowest BCUT2D eigenvalue weighted by Crippen LogP contribution is -2.25. The smallest absolute Gasteiger partial charge is 0.228 e. The van der Waals surface area contributed by atoms with E-state index in [1.807, 2.05) is 0 Å². The monoisotopic (exact) mass is 304 g/mol. The third kappa shape index (κ3) is 2.79. The fourth-order valence-electron chi connectivity index (χ4n) is 1.85. The Kier molecular flexibility index (Phi) is 4.14. The summed E-state index contributed by atoms with van der Waals surface area (Å²) in [7, 11) is 0. The highest BCUT2D eigenvalue weighted by molar-refractivity contribution is 8.14. The van der Waals surface area contributed by atoms with Crippen molar-refractivity contribution in [1.29, 1.82) is 0 Å². The van der Waals surface area contributed by atoms with Crippen LogP contribution in [0.15, 0.2) is 12.3 Å². The van der Waals surface area contributed by atoms with Crippen molar-refractivity contribution in [2.24, 2.45) is 0 Å². The van der Waals surface area contributed by atoms with Crippen LogP contribution in [0.2, 0.25) is 10.2 Å². The number of halogens is 2. The lowest BCUT2D eigenvalue weighted by atomic mass is 10.4. The van der Waals surface area contributed by atoms with E-state index in [-0.39, 0.29) is 21.4 Å². The van der Waals surface area contributed by atoms with Crippen molar-refractivity contribution in [2.75, 3.05) is 11.4 Å². The minimum absolute atomic E-state index is 0.00182. The quantitative estimate of drug-likeness (QED) is 0.788. The minimum Gasteiger partial charge on any atom is -0.307 e. The van der Waals surface area contributed by atoms with Crippen LogP contribution in [0.5, 0.6) is 0 Å². The minimum atomic E-state index is -0.0921. The first-order valence-corrected chi connectivity index (χ1v) is 6.90. The van der Waals surface area contributed by atoms with Gasteiger partial charge in [0.1, 0.15) is 5.69 Å². The van der Waals surface area contributed by atoms with Crippen molar-refractivity contribution in [1.82, 2.24) is 4.98 Å². The average molecular weight is 305 g/mol. The van der Waals surface area contributed by atoms with Crippen molar-refractivity contribution >= 4 is 51.7 Å². The number of carbonyl (C=O) groups is 2. The molecule has 0 aromatic carbocycles. The molecule has 1 unspecified atom stereocenters. The number of anilines is 1. The zero-order valence-corrected chi connectivity index (χ0v) is 11.8. The van der Waals surface area contributed by atoms with E-state index in [1.54, 1.807) is 6.07 Å². The van der Waals surface area contributed by atoms with Crippen LogP contribution in [0.4, 0.5) is 5.69 Å². The first-order chi connectivity index (χ1) is 8.49. The Hall–Kier alpha value is -0.780. The summed E-state index contributed by atoms with van der Waals surface area (Å²) >= 11 is 13.2. The van der Waals surface area contributed by atoms with E-state index < -0.39 is 0 Å². The van der Waals surface area contributed by atoms with Gasteiger partial charge in [0.15, 0.2) is 10.3 Å². The Morgan fingerprint density at radius 3 is 2.89 bits per heavy atom. The molecule has 1 aliphatic heterocycles. The number of thioether (sulfide) groups is 1. The summed E-state index contributed by atoms with van der Waals surface area (Å²) in [5, 5.41) is 0.529. The van der Waals surface area contributed by atoms with Crippen LogP contribution in [0.3, 0.4) is 0 Å². The number of carbonyl (C=O) groups excluding carboxylic acids is 2. The van der Waals surface area contributed by atoms with Gasteiger partial charge in [0.2, 0.25) is 5.91 Å². The Labute approximate surface area is 119 Å². The van der Waals surface area contributed by atoms with Crippen LogP contribution < -0.4 is 4.90 Å². The van der Waals surface area contributed by atoms with Crippen LogP contribution in [0, 0.1) is 0 Å². The van der Waals surface area contributed by atoms with Gasteiger partial charge >= 0.3 is 0 Å². The van der Waals surface area contributed by atoms with E-state index >= 15 is 0 Å². The number of rotatable bonds is 2. The normalized spacial score (nSPS) is 19.4. The molecule has 0 saturated carbocycles. The molecule has 0 bridgehead atoms.